The Morgan fingerprint density at radius 1 is 1.24 bits per heavy atom. The number of piperidine rings is 1. The second-order valence-corrected chi connectivity index (χ2v) is 8.18. The van der Waals surface area contributed by atoms with Gasteiger partial charge in [0, 0.05) is 51.3 Å². The molecule has 2 fully saturated rings. The van der Waals surface area contributed by atoms with Gasteiger partial charge in [0.1, 0.15) is 5.82 Å². The molecule has 2 atom stereocenters. The zero-order valence-electron chi connectivity index (χ0n) is 17.7. The minimum absolute atomic E-state index is 0.429. The van der Waals surface area contributed by atoms with Gasteiger partial charge < -0.3 is 19.7 Å². The van der Waals surface area contributed by atoms with Crippen LogP contribution in [0.25, 0.3) is 0 Å². The molecule has 4 rings (SSSR count). The quantitative estimate of drug-likeness (QED) is 0.623. The standard InChI is InChI=1S/C22H33N7/c1-3-24-22(28-12-7-18(2)20(16-28)29-13-9-23-17-29)26-15-19-6-8-25-21(14-19)27-10-4-5-11-27/h6,8-9,13-14,17-18,20H,3-5,7,10-12,15-16H2,1-2H3,(H,24,26). The summed E-state index contributed by atoms with van der Waals surface area (Å²) in [6.45, 7) is 10.2. The second kappa shape index (κ2) is 9.29. The molecule has 0 radical (unpaired) electrons. The number of hydrogen-bond donors (Lipinski definition) is 1. The van der Waals surface area contributed by atoms with Gasteiger partial charge in [0.25, 0.3) is 0 Å². The predicted octanol–water partition coefficient (Wildman–Crippen LogP) is 2.93. The number of pyridine rings is 1. The van der Waals surface area contributed by atoms with Crippen LogP contribution < -0.4 is 10.2 Å². The highest BCUT2D eigenvalue weighted by molar-refractivity contribution is 5.80. The van der Waals surface area contributed by atoms with Crippen LogP contribution in [0.2, 0.25) is 0 Å². The monoisotopic (exact) mass is 395 g/mol. The molecule has 29 heavy (non-hydrogen) atoms. The molecule has 0 amide bonds. The number of nitrogens with one attached hydrogen (secondary N) is 1. The summed E-state index contributed by atoms with van der Waals surface area (Å²) in [5.74, 6) is 2.72. The van der Waals surface area contributed by atoms with Gasteiger partial charge in [-0.1, -0.05) is 6.92 Å². The molecule has 7 nitrogen and oxygen atoms in total. The van der Waals surface area contributed by atoms with E-state index in [2.05, 4.69) is 61.8 Å². The molecule has 0 aliphatic carbocycles. The molecule has 2 unspecified atom stereocenters. The largest absolute Gasteiger partial charge is 0.357 e. The van der Waals surface area contributed by atoms with Gasteiger partial charge >= 0.3 is 0 Å². The molecule has 2 saturated heterocycles. The van der Waals surface area contributed by atoms with E-state index in [1.54, 1.807) is 0 Å². The molecule has 7 heteroatoms. The summed E-state index contributed by atoms with van der Waals surface area (Å²) in [4.78, 5) is 18.6. The van der Waals surface area contributed by atoms with E-state index in [0.717, 1.165) is 50.9 Å². The number of guanidine groups is 1. The van der Waals surface area contributed by atoms with Gasteiger partial charge in [-0.15, -0.1) is 0 Å². The summed E-state index contributed by atoms with van der Waals surface area (Å²) in [7, 11) is 0. The first-order valence-corrected chi connectivity index (χ1v) is 10.9. The lowest BCUT2D eigenvalue weighted by Crippen LogP contribution is -2.49. The lowest BCUT2D eigenvalue weighted by atomic mass is 9.93. The van der Waals surface area contributed by atoms with Crippen molar-refractivity contribution in [1.82, 2.24) is 24.8 Å². The summed E-state index contributed by atoms with van der Waals surface area (Å²) in [6.07, 6.45) is 11.5. The van der Waals surface area contributed by atoms with Gasteiger partial charge in [-0.3, -0.25) is 0 Å². The normalized spacial score (nSPS) is 22.9. The number of likely N-dealkylation sites (tertiary alicyclic amines) is 1. The van der Waals surface area contributed by atoms with Gasteiger partial charge in [0.2, 0.25) is 0 Å². The van der Waals surface area contributed by atoms with E-state index in [4.69, 9.17) is 4.99 Å². The Balaban J connectivity index is 1.47. The van der Waals surface area contributed by atoms with Crippen molar-refractivity contribution < 1.29 is 0 Å². The summed E-state index contributed by atoms with van der Waals surface area (Å²) in [5, 5.41) is 3.50. The van der Waals surface area contributed by atoms with E-state index in [0.29, 0.717) is 18.5 Å². The number of hydrogen-bond acceptors (Lipinski definition) is 4. The first-order chi connectivity index (χ1) is 14.2. The van der Waals surface area contributed by atoms with Crippen LogP contribution in [-0.2, 0) is 6.54 Å². The Morgan fingerprint density at radius 3 is 2.86 bits per heavy atom. The first-order valence-electron chi connectivity index (χ1n) is 10.9. The lowest BCUT2D eigenvalue weighted by Gasteiger charge is -2.39. The van der Waals surface area contributed by atoms with Crippen LogP contribution in [0, 0.1) is 5.92 Å². The highest BCUT2D eigenvalue weighted by Gasteiger charge is 2.28. The van der Waals surface area contributed by atoms with Crippen molar-refractivity contribution in [2.45, 2.75) is 45.7 Å². The van der Waals surface area contributed by atoms with Gasteiger partial charge in [-0.05, 0) is 49.8 Å². The predicted molar refractivity (Wildman–Crippen MR) is 117 cm³/mol. The van der Waals surface area contributed by atoms with Crippen LogP contribution in [0.1, 0.15) is 44.7 Å². The number of imidazole rings is 1. The molecule has 0 aromatic carbocycles. The van der Waals surface area contributed by atoms with Crippen LogP contribution >= 0.6 is 0 Å². The van der Waals surface area contributed by atoms with E-state index in [1.807, 2.05) is 18.7 Å². The average Bonchev–Trinajstić information content (AvgIpc) is 3.46. The average molecular weight is 396 g/mol. The molecule has 2 aliphatic rings. The van der Waals surface area contributed by atoms with Crippen molar-refractivity contribution in [3.8, 4) is 0 Å². The van der Waals surface area contributed by atoms with Gasteiger partial charge in [0.15, 0.2) is 5.96 Å². The minimum atomic E-state index is 0.429. The summed E-state index contributed by atoms with van der Waals surface area (Å²) >= 11 is 0. The molecular formula is C22H33N7. The van der Waals surface area contributed by atoms with Gasteiger partial charge in [-0.25, -0.2) is 15.0 Å². The van der Waals surface area contributed by atoms with E-state index in [9.17, 15) is 0 Å². The number of anilines is 1. The van der Waals surface area contributed by atoms with E-state index in [1.165, 1.54) is 18.4 Å². The van der Waals surface area contributed by atoms with Crippen molar-refractivity contribution in [2.24, 2.45) is 10.9 Å². The van der Waals surface area contributed by atoms with Crippen LogP contribution in [0.4, 0.5) is 5.82 Å². The smallest absolute Gasteiger partial charge is 0.194 e. The Labute approximate surface area is 173 Å². The van der Waals surface area contributed by atoms with E-state index < -0.39 is 0 Å². The van der Waals surface area contributed by atoms with E-state index in [-0.39, 0.29) is 0 Å². The third-order valence-electron chi connectivity index (χ3n) is 6.11. The molecule has 1 N–H and O–H groups in total. The Bertz CT molecular complexity index is 795. The van der Waals surface area contributed by atoms with Crippen LogP contribution in [0.15, 0.2) is 42.0 Å². The van der Waals surface area contributed by atoms with Gasteiger partial charge in [0.05, 0.1) is 18.9 Å². The molecule has 2 aromatic rings. The SMILES string of the molecule is CCNC(=NCc1ccnc(N2CCCC2)c1)N1CCC(C)C(n2ccnc2)C1. The number of rotatable bonds is 5. The molecule has 2 aliphatic heterocycles. The third kappa shape index (κ3) is 4.71. The topological polar surface area (TPSA) is 61.6 Å². The number of aromatic nitrogens is 3. The molecule has 0 spiro atoms. The van der Waals surface area contributed by atoms with Crippen molar-refractivity contribution in [2.75, 3.05) is 37.6 Å². The van der Waals surface area contributed by atoms with Crippen molar-refractivity contribution in [1.29, 1.82) is 0 Å². The highest BCUT2D eigenvalue weighted by atomic mass is 15.3. The maximum Gasteiger partial charge on any atom is 0.194 e. The lowest BCUT2D eigenvalue weighted by molar-refractivity contribution is 0.189. The molecule has 2 aromatic heterocycles. The van der Waals surface area contributed by atoms with Crippen molar-refractivity contribution >= 4 is 11.8 Å². The third-order valence-corrected chi connectivity index (χ3v) is 6.11. The highest BCUT2D eigenvalue weighted by Crippen LogP contribution is 2.27. The Hall–Kier alpha value is -2.57. The number of aliphatic imine (C=N–C) groups is 1. The Kier molecular flexibility index (Phi) is 6.32. The minimum Gasteiger partial charge on any atom is -0.357 e. The van der Waals surface area contributed by atoms with Crippen LogP contribution in [0.5, 0.6) is 0 Å². The fourth-order valence-electron chi connectivity index (χ4n) is 4.37. The maximum atomic E-state index is 4.98. The van der Waals surface area contributed by atoms with Crippen molar-refractivity contribution in [3.63, 3.8) is 0 Å². The number of nitrogens with zero attached hydrogens (tertiary/aromatic N) is 6. The molecule has 0 saturated carbocycles. The van der Waals surface area contributed by atoms with E-state index >= 15 is 0 Å². The zero-order valence-corrected chi connectivity index (χ0v) is 17.7. The molecular weight excluding hydrogens is 362 g/mol. The summed E-state index contributed by atoms with van der Waals surface area (Å²) in [6, 6.07) is 4.71. The summed E-state index contributed by atoms with van der Waals surface area (Å²) < 4.78 is 2.24. The summed E-state index contributed by atoms with van der Waals surface area (Å²) in [5.41, 5.74) is 1.22. The first kappa shape index (κ1) is 19.7. The second-order valence-electron chi connectivity index (χ2n) is 8.18. The van der Waals surface area contributed by atoms with Crippen LogP contribution in [-0.4, -0.2) is 58.1 Å². The van der Waals surface area contributed by atoms with Crippen LogP contribution in [0.3, 0.4) is 0 Å². The molecule has 0 bridgehead atoms. The van der Waals surface area contributed by atoms with Crippen molar-refractivity contribution in [3.05, 3.63) is 42.6 Å². The molecule has 4 heterocycles. The fourth-order valence-corrected chi connectivity index (χ4v) is 4.37. The van der Waals surface area contributed by atoms with Gasteiger partial charge in [-0.2, -0.15) is 0 Å². The molecule has 156 valence electrons. The maximum absolute atomic E-state index is 4.98. The fraction of sp³-hybridized carbons (Fsp3) is 0.591. The Morgan fingerprint density at radius 2 is 2.10 bits per heavy atom. The zero-order chi connectivity index (χ0) is 20.1.